The van der Waals surface area contributed by atoms with Gasteiger partial charge in [-0.25, -0.2) is 0 Å². The summed E-state index contributed by atoms with van der Waals surface area (Å²) in [4.78, 5) is 12.3. The number of benzene rings is 1. The van der Waals surface area contributed by atoms with Crippen molar-refractivity contribution in [2.45, 2.75) is 38.4 Å². The lowest BCUT2D eigenvalue weighted by molar-refractivity contribution is -0.164. The van der Waals surface area contributed by atoms with E-state index in [1.165, 1.54) is 12.0 Å². The van der Waals surface area contributed by atoms with E-state index < -0.39 is 0 Å². The molecule has 2 heteroatoms. The van der Waals surface area contributed by atoms with Crippen molar-refractivity contribution >= 4 is 5.78 Å². The molecule has 0 aromatic heterocycles. The fraction of sp³-hybridized carbons (Fsp3) is 0.588. The Morgan fingerprint density at radius 3 is 2.74 bits per heavy atom. The van der Waals surface area contributed by atoms with Gasteiger partial charge in [0.25, 0.3) is 0 Å². The molecule has 4 fully saturated rings. The molecule has 1 aromatic carbocycles. The van der Waals surface area contributed by atoms with Gasteiger partial charge in [0, 0.05) is 11.8 Å². The summed E-state index contributed by atoms with van der Waals surface area (Å²) in [5.74, 6) is 2.54. The molecule has 0 heterocycles. The predicted molar refractivity (Wildman–Crippen MR) is 72.5 cm³/mol. The molecule has 5 rings (SSSR count). The van der Waals surface area contributed by atoms with Gasteiger partial charge in [0.1, 0.15) is 5.78 Å². The van der Waals surface area contributed by atoms with Crippen LogP contribution in [0, 0.1) is 23.7 Å². The Morgan fingerprint density at radius 2 is 1.89 bits per heavy atom. The second-order valence-corrected chi connectivity index (χ2v) is 6.54. The minimum absolute atomic E-state index is 0.195. The molecule has 5 unspecified atom stereocenters. The first-order valence-electron chi connectivity index (χ1n) is 7.50. The third-order valence-electron chi connectivity index (χ3n) is 5.34. The van der Waals surface area contributed by atoms with Crippen LogP contribution in [0.1, 0.15) is 31.2 Å². The van der Waals surface area contributed by atoms with Crippen LogP contribution in [0.2, 0.25) is 0 Å². The number of ketones is 1. The maximum Gasteiger partial charge on any atom is 0.141 e. The second kappa shape index (κ2) is 4.45. The van der Waals surface area contributed by atoms with Crippen LogP contribution >= 0.6 is 0 Å². The zero-order valence-corrected chi connectivity index (χ0v) is 11.1. The molecule has 0 saturated heterocycles. The van der Waals surface area contributed by atoms with Crippen LogP contribution in [-0.2, 0) is 16.1 Å². The molecular weight excluding hydrogens is 236 g/mol. The van der Waals surface area contributed by atoms with Crippen molar-refractivity contribution in [3.8, 4) is 0 Å². The Morgan fingerprint density at radius 1 is 1.05 bits per heavy atom. The lowest BCUT2D eigenvalue weighted by Gasteiger charge is -2.52. The molecule has 4 aliphatic carbocycles. The van der Waals surface area contributed by atoms with Gasteiger partial charge in [-0.15, -0.1) is 0 Å². The monoisotopic (exact) mass is 256 g/mol. The molecular formula is C17H20O2. The summed E-state index contributed by atoms with van der Waals surface area (Å²) >= 11 is 0. The van der Waals surface area contributed by atoms with Gasteiger partial charge in [-0.3, -0.25) is 4.79 Å². The Kier molecular flexibility index (Phi) is 2.73. The number of ether oxygens (including phenoxy) is 1. The van der Waals surface area contributed by atoms with Crippen LogP contribution in [0.4, 0.5) is 0 Å². The van der Waals surface area contributed by atoms with E-state index in [0.717, 1.165) is 25.2 Å². The van der Waals surface area contributed by atoms with Crippen molar-refractivity contribution in [3.63, 3.8) is 0 Å². The normalized spacial score (nSPS) is 39.8. The van der Waals surface area contributed by atoms with Gasteiger partial charge in [0.05, 0.1) is 12.7 Å². The number of Topliss-reactive ketones (excluding diaryl/α,β-unsaturated/α-hetero) is 1. The third-order valence-corrected chi connectivity index (χ3v) is 5.34. The summed E-state index contributed by atoms with van der Waals surface area (Å²) in [6.45, 7) is 0.654. The molecule has 100 valence electrons. The van der Waals surface area contributed by atoms with Gasteiger partial charge in [-0.2, -0.15) is 0 Å². The van der Waals surface area contributed by atoms with Gasteiger partial charge in [-0.05, 0) is 43.1 Å². The lowest BCUT2D eigenvalue weighted by atomic mass is 9.54. The summed E-state index contributed by atoms with van der Waals surface area (Å²) in [6.07, 6.45) is 4.83. The highest BCUT2D eigenvalue weighted by Gasteiger charge is 2.53. The molecule has 4 bridgehead atoms. The van der Waals surface area contributed by atoms with Gasteiger partial charge < -0.3 is 4.74 Å². The maximum atomic E-state index is 12.3. The van der Waals surface area contributed by atoms with E-state index in [1.807, 2.05) is 18.2 Å². The largest absolute Gasteiger partial charge is 0.373 e. The molecule has 0 amide bonds. The van der Waals surface area contributed by atoms with E-state index in [4.69, 9.17) is 4.74 Å². The van der Waals surface area contributed by atoms with Gasteiger partial charge in [0.15, 0.2) is 0 Å². The topological polar surface area (TPSA) is 26.3 Å². The minimum Gasteiger partial charge on any atom is -0.373 e. The Bertz CT molecular complexity index is 481. The lowest BCUT2D eigenvalue weighted by Crippen LogP contribution is -2.54. The predicted octanol–water partition coefficient (Wildman–Crippen LogP) is 3.21. The quantitative estimate of drug-likeness (QED) is 0.830. The number of hydrogen-bond donors (Lipinski definition) is 0. The van der Waals surface area contributed by atoms with Gasteiger partial charge >= 0.3 is 0 Å². The van der Waals surface area contributed by atoms with Crippen LogP contribution in [0.25, 0.3) is 0 Å². The van der Waals surface area contributed by atoms with Crippen LogP contribution in [0.15, 0.2) is 30.3 Å². The van der Waals surface area contributed by atoms with Crippen molar-refractivity contribution in [1.82, 2.24) is 0 Å². The number of hydrogen-bond acceptors (Lipinski definition) is 2. The smallest absolute Gasteiger partial charge is 0.141 e. The Hall–Kier alpha value is -1.15. The summed E-state index contributed by atoms with van der Waals surface area (Å²) in [5.41, 5.74) is 1.21. The Labute approximate surface area is 114 Å². The molecule has 0 radical (unpaired) electrons. The molecule has 19 heavy (non-hydrogen) atoms. The molecule has 0 N–H and O–H groups in total. The first-order chi connectivity index (χ1) is 9.31. The fourth-order valence-corrected chi connectivity index (χ4v) is 4.60. The first kappa shape index (κ1) is 11.7. The number of rotatable bonds is 3. The van der Waals surface area contributed by atoms with E-state index in [9.17, 15) is 4.79 Å². The van der Waals surface area contributed by atoms with E-state index in [1.54, 1.807) is 0 Å². The molecule has 1 aromatic rings. The summed E-state index contributed by atoms with van der Waals surface area (Å²) in [7, 11) is 0. The molecule has 4 saturated carbocycles. The van der Waals surface area contributed by atoms with E-state index in [2.05, 4.69) is 12.1 Å². The van der Waals surface area contributed by atoms with Crippen molar-refractivity contribution in [2.75, 3.05) is 0 Å². The first-order valence-corrected chi connectivity index (χ1v) is 7.50. The van der Waals surface area contributed by atoms with Gasteiger partial charge in [-0.1, -0.05) is 30.3 Å². The maximum absolute atomic E-state index is 12.3. The molecule has 5 atom stereocenters. The van der Waals surface area contributed by atoms with Gasteiger partial charge in [0.2, 0.25) is 0 Å². The van der Waals surface area contributed by atoms with E-state index >= 15 is 0 Å². The SMILES string of the molecule is O=C1C2CC3CC(C2)C(OCc2ccccc2)C1C3. The Balaban J connectivity index is 1.48. The number of carbonyl (C=O) groups is 1. The van der Waals surface area contributed by atoms with E-state index in [-0.39, 0.29) is 12.0 Å². The van der Waals surface area contributed by atoms with Crippen molar-refractivity contribution in [2.24, 2.45) is 23.7 Å². The zero-order valence-electron chi connectivity index (χ0n) is 11.1. The van der Waals surface area contributed by atoms with Crippen molar-refractivity contribution in [1.29, 1.82) is 0 Å². The zero-order chi connectivity index (χ0) is 12.8. The summed E-state index contributed by atoms with van der Waals surface area (Å²) < 4.78 is 6.15. The van der Waals surface area contributed by atoms with Crippen LogP contribution in [0.3, 0.4) is 0 Å². The molecule has 0 spiro atoms. The van der Waals surface area contributed by atoms with Crippen LogP contribution in [-0.4, -0.2) is 11.9 Å². The average molecular weight is 256 g/mol. The standard InChI is InChI=1S/C17H20O2/c18-16-13-6-12-7-14(9-13)17(15(16)8-12)19-10-11-4-2-1-3-5-11/h1-5,12-15,17H,6-10H2. The van der Waals surface area contributed by atoms with Crippen molar-refractivity contribution < 1.29 is 9.53 Å². The summed E-state index contributed by atoms with van der Waals surface area (Å²) in [6, 6.07) is 10.3. The molecule has 0 aliphatic heterocycles. The fourth-order valence-electron chi connectivity index (χ4n) is 4.60. The van der Waals surface area contributed by atoms with E-state index in [0.29, 0.717) is 24.2 Å². The highest BCUT2D eigenvalue weighted by Crippen LogP contribution is 2.53. The highest BCUT2D eigenvalue weighted by molar-refractivity contribution is 5.86. The third kappa shape index (κ3) is 1.93. The van der Waals surface area contributed by atoms with Crippen LogP contribution in [0.5, 0.6) is 0 Å². The highest BCUT2D eigenvalue weighted by atomic mass is 16.5. The molecule has 2 nitrogen and oxygen atoms in total. The van der Waals surface area contributed by atoms with Crippen LogP contribution < -0.4 is 0 Å². The number of carbonyl (C=O) groups excluding carboxylic acids is 1. The average Bonchev–Trinajstić information content (AvgIpc) is 2.44. The minimum atomic E-state index is 0.195. The second-order valence-electron chi connectivity index (χ2n) is 6.54. The van der Waals surface area contributed by atoms with Crippen molar-refractivity contribution in [3.05, 3.63) is 35.9 Å². The summed E-state index contributed by atoms with van der Waals surface area (Å²) in [5, 5.41) is 0. The molecule has 4 aliphatic rings.